The Balaban J connectivity index is 3.14. The maximum Gasteiger partial charge on any atom is 0.259 e. The Morgan fingerprint density at radius 3 is 2.58 bits per heavy atom. The smallest absolute Gasteiger partial charge is 0.259 e. The fraction of sp³-hybridized carbons (Fsp3) is 0.286. The van der Waals surface area contributed by atoms with E-state index in [1.54, 1.807) is 24.3 Å². The fourth-order valence-corrected chi connectivity index (χ4v) is 1.45. The highest BCUT2D eigenvalue weighted by Gasteiger charge is 2.08. The van der Waals surface area contributed by atoms with Gasteiger partial charge in [0.1, 0.15) is 11.6 Å². The molecule has 0 aromatic heterocycles. The van der Waals surface area contributed by atoms with E-state index in [9.17, 15) is 4.79 Å². The molecule has 0 aliphatic rings. The van der Waals surface area contributed by atoms with Crippen molar-refractivity contribution in [3.8, 4) is 17.6 Å². The number of nitriles is 1. The monoisotopic (exact) mass is 260 g/mol. The van der Waals surface area contributed by atoms with E-state index in [1.165, 1.54) is 13.2 Å². The second-order valence-electron chi connectivity index (χ2n) is 4.11. The van der Waals surface area contributed by atoms with Gasteiger partial charge in [0.2, 0.25) is 0 Å². The van der Waals surface area contributed by atoms with E-state index < -0.39 is 5.91 Å². The number of benzene rings is 1. The summed E-state index contributed by atoms with van der Waals surface area (Å²) in [6.45, 7) is 3.82. The number of hydrogen-bond donors (Lipinski definition) is 1. The molecule has 0 atom stereocenters. The number of primary amides is 1. The molecule has 5 heteroatoms. The van der Waals surface area contributed by atoms with Crippen molar-refractivity contribution < 1.29 is 14.3 Å². The zero-order chi connectivity index (χ0) is 14.4. The molecule has 0 heterocycles. The molecule has 1 amide bonds. The van der Waals surface area contributed by atoms with Crippen molar-refractivity contribution in [2.75, 3.05) is 7.11 Å². The summed E-state index contributed by atoms with van der Waals surface area (Å²) in [5.41, 5.74) is 5.61. The maximum absolute atomic E-state index is 11.0. The van der Waals surface area contributed by atoms with Crippen molar-refractivity contribution in [1.82, 2.24) is 0 Å². The van der Waals surface area contributed by atoms with Crippen molar-refractivity contribution in [2.45, 2.75) is 20.0 Å². The number of amides is 1. The van der Waals surface area contributed by atoms with Crippen LogP contribution in [0.25, 0.3) is 6.08 Å². The predicted octanol–water partition coefficient (Wildman–Crippen LogP) is 1.87. The molecule has 0 bridgehead atoms. The molecule has 0 aliphatic heterocycles. The molecule has 0 radical (unpaired) electrons. The summed E-state index contributed by atoms with van der Waals surface area (Å²) in [6.07, 6.45) is 1.43. The second-order valence-corrected chi connectivity index (χ2v) is 4.11. The summed E-state index contributed by atoms with van der Waals surface area (Å²) in [5.74, 6) is 0.375. The van der Waals surface area contributed by atoms with Gasteiger partial charge in [0.25, 0.3) is 5.91 Å². The van der Waals surface area contributed by atoms with Crippen LogP contribution >= 0.6 is 0 Å². The van der Waals surface area contributed by atoms with Gasteiger partial charge in [-0.15, -0.1) is 0 Å². The molecule has 100 valence electrons. The van der Waals surface area contributed by atoms with Crippen molar-refractivity contribution in [3.63, 3.8) is 0 Å². The first kappa shape index (κ1) is 14.6. The molecule has 1 aromatic rings. The van der Waals surface area contributed by atoms with Crippen LogP contribution in [0.4, 0.5) is 0 Å². The van der Waals surface area contributed by atoms with Gasteiger partial charge in [0, 0.05) is 0 Å². The van der Waals surface area contributed by atoms with Gasteiger partial charge in [0.05, 0.1) is 13.2 Å². The lowest BCUT2D eigenvalue weighted by Gasteiger charge is -2.13. The van der Waals surface area contributed by atoms with Crippen LogP contribution in [0, 0.1) is 11.3 Å². The van der Waals surface area contributed by atoms with Crippen LogP contribution in [-0.4, -0.2) is 19.1 Å². The molecule has 19 heavy (non-hydrogen) atoms. The second kappa shape index (κ2) is 6.45. The Morgan fingerprint density at radius 2 is 2.11 bits per heavy atom. The van der Waals surface area contributed by atoms with Crippen LogP contribution < -0.4 is 15.2 Å². The minimum absolute atomic E-state index is 0.0237. The van der Waals surface area contributed by atoms with Crippen LogP contribution in [0.1, 0.15) is 19.4 Å². The van der Waals surface area contributed by atoms with Gasteiger partial charge in [-0.1, -0.05) is 6.07 Å². The molecule has 0 unspecified atom stereocenters. The first-order valence-electron chi connectivity index (χ1n) is 5.74. The Kier molecular flexibility index (Phi) is 4.95. The standard InChI is InChI=1S/C14H16N2O3/c1-9(2)19-12-5-4-10(7-13(12)18-3)6-11(8-15)14(16)17/h4-7,9H,1-3H3,(H2,16,17)/b11-6+. The summed E-state index contributed by atoms with van der Waals surface area (Å²) in [4.78, 5) is 11.0. The number of rotatable bonds is 5. The lowest BCUT2D eigenvalue weighted by Crippen LogP contribution is -2.12. The fourth-order valence-electron chi connectivity index (χ4n) is 1.45. The number of carbonyl (C=O) groups excluding carboxylic acids is 1. The van der Waals surface area contributed by atoms with E-state index in [4.69, 9.17) is 20.5 Å². The van der Waals surface area contributed by atoms with Gasteiger partial charge in [-0.05, 0) is 37.6 Å². The van der Waals surface area contributed by atoms with Crippen molar-refractivity contribution in [1.29, 1.82) is 5.26 Å². The number of carbonyl (C=O) groups is 1. The van der Waals surface area contributed by atoms with Crippen molar-refractivity contribution in [2.24, 2.45) is 5.73 Å². The molecule has 0 fully saturated rings. The van der Waals surface area contributed by atoms with E-state index in [-0.39, 0.29) is 11.7 Å². The molecule has 0 spiro atoms. The van der Waals surface area contributed by atoms with E-state index in [2.05, 4.69) is 0 Å². The molecule has 1 rings (SSSR count). The SMILES string of the molecule is COc1cc(/C=C(\C#N)C(N)=O)ccc1OC(C)C. The number of nitrogens with zero attached hydrogens (tertiary/aromatic N) is 1. The highest BCUT2D eigenvalue weighted by molar-refractivity contribution is 6.00. The van der Waals surface area contributed by atoms with E-state index in [0.717, 1.165) is 0 Å². The summed E-state index contributed by atoms with van der Waals surface area (Å²) in [7, 11) is 1.52. The number of nitrogens with two attached hydrogens (primary N) is 1. The third-order valence-corrected chi connectivity index (χ3v) is 2.25. The van der Waals surface area contributed by atoms with Gasteiger partial charge < -0.3 is 15.2 Å². The molecule has 1 aromatic carbocycles. The molecule has 5 nitrogen and oxygen atoms in total. The largest absolute Gasteiger partial charge is 0.493 e. The Labute approximate surface area is 112 Å². The normalized spacial score (nSPS) is 11.0. The lowest BCUT2D eigenvalue weighted by molar-refractivity contribution is -0.114. The Bertz CT molecular complexity index is 542. The summed E-state index contributed by atoms with van der Waals surface area (Å²) in [6, 6.07) is 6.87. The van der Waals surface area contributed by atoms with Gasteiger partial charge >= 0.3 is 0 Å². The summed E-state index contributed by atoms with van der Waals surface area (Å²) >= 11 is 0. The van der Waals surface area contributed by atoms with Crippen LogP contribution in [0.2, 0.25) is 0 Å². The number of methoxy groups -OCH3 is 1. The van der Waals surface area contributed by atoms with Gasteiger partial charge in [0.15, 0.2) is 11.5 Å². The van der Waals surface area contributed by atoms with E-state index >= 15 is 0 Å². The van der Waals surface area contributed by atoms with Crippen LogP contribution in [0.15, 0.2) is 23.8 Å². The first-order chi connectivity index (χ1) is 8.97. The van der Waals surface area contributed by atoms with Crippen molar-refractivity contribution in [3.05, 3.63) is 29.3 Å². The molecular formula is C14H16N2O3. The van der Waals surface area contributed by atoms with Crippen molar-refractivity contribution >= 4 is 12.0 Å². The third-order valence-electron chi connectivity index (χ3n) is 2.25. The predicted molar refractivity (Wildman–Crippen MR) is 71.5 cm³/mol. The Morgan fingerprint density at radius 1 is 1.42 bits per heavy atom. The van der Waals surface area contributed by atoms with Crippen LogP contribution in [-0.2, 0) is 4.79 Å². The molecule has 0 aliphatic carbocycles. The highest BCUT2D eigenvalue weighted by Crippen LogP contribution is 2.29. The Hall–Kier alpha value is -2.48. The lowest BCUT2D eigenvalue weighted by atomic mass is 10.1. The van der Waals surface area contributed by atoms with E-state index in [0.29, 0.717) is 17.1 Å². The zero-order valence-corrected chi connectivity index (χ0v) is 11.1. The van der Waals surface area contributed by atoms with E-state index in [1.807, 2.05) is 13.8 Å². The minimum atomic E-state index is -0.760. The zero-order valence-electron chi connectivity index (χ0n) is 11.1. The molecule has 0 saturated heterocycles. The highest BCUT2D eigenvalue weighted by atomic mass is 16.5. The van der Waals surface area contributed by atoms with Gasteiger partial charge in [-0.3, -0.25) is 4.79 Å². The first-order valence-corrected chi connectivity index (χ1v) is 5.74. The summed E-state index contributed by atoms with van der Waals surface area (Å²) in [5, 5.41) is 8.78. The quantitative estimate of drug-likeness (QED) is 0.647. The number of ether oxygens (including phenoxy) is 2. The molecular weight excluding hydrogens is 244 g/mol. The van der Waals surface area contributed by atoms with Crippen LogP contribution in [0.3, 0.4) is 0 Å². The number of hydrogen-bond acceptors (Lipinski definition) is 4. The topological polar surface area (TPSA) is 85.3 Å². The minimum Gasteiger partial charge on any atom is -0.493 e. The summed E-state index contributed by atoms with van der Waals surface area (Å²) < 4.78 is 10.8. The average molecular weight is 260 g/mol. The molecule has 0 saturated carbocycles. The average Bonchev–Trinajstić information content (AvgIpc) is 2.36. The third kappa shape index (κ3) is 4.03. The van der Waals surface area contributed by atoms with Gasteiger partial charge in [-0.25, -0.2) is 0 Å². The molecule has 2 N–H and O–H groups in total. The van der Waals surface area contributed by atoms with Crippen LogP contribution in [0.5, 0.6) is 11.5 Å². The van der Waals surface area contributed by atoms with Gasteiger partial charge in [-0.2, -0.15) is 5.26 Å². The maximum atomic E-state index is 11.0.